The van der Waals surface area contributed by atoms with Crippen LogP contribution in [0.25, 0.3) is 22.2 Å². The standard InChI is InChI=1S/C14H12ClN3O/c1-18-8-11(12-5-6-16-14(15)17-12)10-7-9(19-2)3-4-13(10)18/h3-8H,1-2H3. The number of fused-ring (bicyclic) bond motifs is 1. The molecule has 2 heterocycles. The molecule has 0 saturated heterocycles. The third-order valence-corrected chi connectivity index (χ3v) is 3.28. The minimum absolute atomic E-state index is 0.248. The Morgan fingerprint density at radius 3 is 2.84 bits per heavy atom. The first-order chi connectivity index (χ1) is 9.19. The average Bonchev–Trinajstić information content (AvgIpc) is 2.75. The van der Waals surface area contributed by atoms with E-state index in [2.05, 4.69) is 14.5 Å². The Balaban J connectivity index is 2.28. The van der Waals surface area contributed by atoms with E-state index >= 15 is 0 Å². The largest absolute Gasteiger partial charge is 0.497 e. The van der Waals surface area contributed by atoms with E-state index in [0.29, 0.717) is 0 Å². The summed E-state index contributed by atoms with van der Waals surface area (Å²) in [5, 5.41) is 1.33. The molecule has 4 nitrogen and oxygen atoms in total. The van der Waals surface area contributed by atoms with Crippen LogP contribution >= 0.6 is 11.6 Å². The molecule has 1 aromatic carbocycles. The molecule has 96 valence electrons. The first kappa shape index (κ1) is 12.0. The molecule has 3 rings (SSSR count). The van der Waals surface area contributed by atoms with Crippen LogP contribution in [0, 0.1) is 0 Å². The first-order valence-electron chi connectivity index (χ1n) is 5.81. The van der Waals surface area contributed by atoms with Gasteiger partial charge in [-0.2, -0.15) is 0 Å². The highest BCUT2D eigenvalue weighted by molar-refractivity contribution is 6.28. The Bertz CT molecular complexity index is 752. The van der Waals surface area contributed by atoms with Crippen molar-refractivity contribution in [2.45, 2.75) is 0 Å². The van der Waals surface area contributed by atoms with Crippen LogP contribution in [0.4, 0.5) is 0 Å². The van der Waals surface area contributed by atoms with Crippen molar-refractivity contribution >= 4 is 22.5 Å². The number of methoxy groups -OCH3 is 1. The van der Waals surface area contributed by atoms with Gasteiger partial charge in [0.15, 0.2) is 0 Å². The lowest BCUT2D eigenvalue weighted by atomic mass is 10.1. The van der Waals surface area contributed by atoms with Gasteiger partial charge in [0, 0.05) is 35.9 Å². The number of nitrogens with zero attached hydrogens (tertiary/aromatic N) is 3. The summed E-state index contributed by atoms with van der Waals surface area (Å²) in [7, 11) is 3.66. The smallest absolute Gasteiger partial charge is 0.222 e. The predicted molar refractivity (Wildman–Crippen MR) is 75.5 cm³/mol. The molecule has 0 spiro atoms. The predicted octanol–water partition coefficient (Wildman–Crippen LogP) is 3.30. The van der Waals surface area contributed by atoms with Gasteiger partial charge >= 0.3 is 0 Å². The second kappa shape index (κ2) is 4.55. The molecule has 0 bridgehead atoms. The summed E-state index contributed by atoms with van der Waals surface area (Å²) in [6, 6.07) is 7.82. The highest BCUT2D eigenvalue weighted by Crippen LogP contribution is 2.31. The van der Waals surface area contributed by atoms with Crippen molar-refractivity contribution in [3.63, 3.8) is 0 Å². The monoisotopic (exact) mass is 273 g/mol. The number of halogens is 1. The molecule has 0 amide bonds. The Hall–Kier alpha value is -2.07. The molecule has 0 fully saturated rings. The summed E-state index contributed by atoms with van der Waals surface area (Å²) in [5.41, 5.74) is 2.94. The van der Waals surface area contributed by atoms with Gasteiger partial charge < -0.3 is 9.30 Å². The number of ether oxygens (including phenoxy) is 1. The molecule has 3 aromatic rings. The lowest BCUT2D eigenvalue weighted by Gasteiger charge is -2.02. The molecule has 0 radical (unpaired) electrons. The summed E-state index contributed by atoms with van der Waals surface area (Å²) in [5.74, 6) is 0.820. The van der Waals surface area contributed by atoms with Gasteiger partial charge in [0.05, 0.1) is 12.8 Å². The molecule has 0 unspecified atom stereocenters. The number of aromatic nitrogens is 3. The van der Waals surface area contributed by atoms with Crippen LogP contribution in [0.3, 0.4) is 0 Å². The van der Waals surface area contributed by atoms with Crippen LogP contribution in [-0.4, -0.2) is 21.6 Å². The molecular formula is C14H12ClN3O. The number of aryl methyl sites for hydroxylation is 1. The minimum Gasteiger partial charge on any atom is -0.497 e. The van der Waals surface area contributed by atoms with Crippen molar-refractivity contribution in [3.05, 3.63) is 41.9 Å². The van der Waals surface area contributed by atoms with Gasteiger partial charge in [0.25, 0.3) is 0 Å². The maximum atomic E-state index is 5.86. The molecule has 0 saturated carbocycles. The molecule has 0 aliphatic rings. The number of benzene rings is 1. The SMILES string of the molecule is COc1ccc2c(c1)c(-c1ccnc(Cl)n1)cn2C. The molecule has 0 N–H and O–H groups in total. The maximum absolute atomic E-state index is 5.86. The molecule has 0 atom stereocenters. The van der Waals surface area contributed by atoms with Gasteiger partial charge in [-0.15, -0.1) is 0 Å². The normalized spacial score (nSPS) is 10.9. The van der Waals surface area contributed by atoms with Gasteiger partial charge in [0.1, 0.15) is 5.75 Å². The zero-order valence-corrected chi connectivity index (χ0v) is 11.3. The Labute approximate surface area is 115 Å². The van der Waals surface area contributed by atoms with E-state index in [1.165, 1.54) is 0 Å². The second-order valence-corrected chi connectivity index (χ2v) is 4.59. The summed E-state index contributed by atoms with van der Waals surface area (Å²) in [6.07, 6.45) is 3.69. The van der Waals surface area contributed by atoms with Crippen LogP contribution in [0.5, 0.6) is 5.75 Å². The fraction of sp³-hybridized carbons (Fsp3) is 0.143. The van der Waals surface area contributed by atoms with Crippen molar-refractivity contribution < 1.29 is 4.74 Å². The quantitative estimate of drug-likeness (QED) is 0.673. The maximum Gasteiger partial charge on any atom is 0.222 e. The van der Waals surface area contributed by atoms with Crippen LogP contribution in [0.2, 0.25) is 5.28 Å². The fourth-order valence-electron chi connectivity index (χ4n) is 2.19. The summed E-state index contributed by atoms with van der Waals surface area (Å²) < 4.78 is 7.33. The van der Waals surface area contributed by atoms with Gasteiger partial charge in [-0.25, -0.2) is 9.97 Å². The van der Waals surface area contributed by atoms with Gasteiger partial charge in [-0.3, -0.25) is 0 Å². The van der Waals surface area contributed by atoms with E-state index in [9.17, 15) is 0 Å². The zero-order chi connectivity index (χ0) is 13.4. The van der Waals surface area contributed by atoms with Crippen LogP contribution < -0.4 is 4.74 Å². The lowest BCUT2D eigenvalue weighted by Crippen LogP contribution is -1.86. The minimum atomic E-state index is 0.248. The third kappa shape index (κ3) is 2.04. The fourth-order valence-corrected chi connectivity index (χ4v) is 2.33. The zero-order valence-electron chi connectivity index (χ0n) is 10.6. The highest BCUT2D eigenvalue weighted by atomic mass is 35.5. The molecule has 0 aliphatic heterocycles. The molecule has 0 aliphatic carbocycles. The number of hydrogen-bond donors (Lipinski definition) is 0. The highest BCUT2D eigenvalue weighted by Gasteiger charge is 2.11. The first-order valence-corrected chi connectivity index (χ1v) is 6.19. The second-order valence-electron chi connectivity index (χ2n) is 4.25. The Kier molecular flexibility index (Phi) is 2.87. The van der Waals surface area contributed by atoms with E-state index in [0.717, 1.165) is 27.9 Å². The number of rotatable bonds is 2. The van der Waals surface area contributed by atoms with Gasteiger partial charge in [-0.05, 0) is 35.9 Å². The molecule has 19 heavy (non-hydrogen) atoms. The molecular weight excluding hydrogens is 262 g/mol. The topological polar surface area (TPSA) is 39.9 Å². The third-order valence-electron chi connectivity index (χ3n) is 3.10. The van der Waals surface area contributed by atoms with Crippen LogP contribution in [-0.2, 0) is 7.05 Å². The van der Waals surface area contributed by atoms with Crippen molar-refractivity contribution in [3.8, 4) is 17.0 Å². The van der Waals surface area contributed by atoms with E-state index in [4.69, 9.17) is 16.3 Å². The molecule has 2 aromatic heterocycles. The van der Waals surface area contributed by atoms with E-state index in [1.54, 1.807) is 13.3 Å². The van der Waals surface area contributed by atoms with E-state index in [1.807, 2.05) is 37.5 Å². The van der Waals surface area contributed by atoms with Gasteiger partial charge in [-0.1, -0.05) is 0 Å². The van der Waals surface area contributed by atoms with Crippen LogP contribution in [0.15, 0.2) is 36.7 Å². The Morgan fingerprint density at radius 1 is 1.26 bits per heavy atom. The summed E-state index contributed by atoms with van der Waals surface area (Å²) in [6.45, 7) is 0. The van der Waals surface area contributed by atoms with E-state index in [-0.39, 0.29) is 5.28 Å². The van der Waals surface area contributed by atoms with E-state index < -0.39 is 0 Å². The van der Waals surface area contributed by atoms with Gasteiger partial charge in [0.2, 0.25) is 5.28 Å². The number of hydrogen-bond acceptors (Lipinski definition) is 3. The average molecular weight is 274 g/mol. The van der Waals surface area contributed by atoms with Crippen molar-refractivity contribution in [2.75, 3.05) is 7.11 Å². The molecule has 5 heteroatoms. The Morgan fingerprint density at radius 2 is 2.11 bits per heavy atom. The summed E-state index contributed by atoms with van der Waals surface area (Å²) in [4.78, 5) is 8.17. The lowest BCUT2D eigenvalue weighted by molar-refractivity contribution is 0.415. The van der Waals surface area contributed by atoms with Crippen molar-refractivity contribution in [2.24, 2.45) is 7.05 Å². The van der Waals surface area contributed by atoms with Crippen molar-refractivity contribution in [1.29, 1.82) is 0 Å². The van der Waals surface area contributed by atoms with Crippen molar-refractivity contribution in [1.82, 2.24) is 14.5 Å². The summed E-state index contributed by atoms with van der Waals surface area (Å²) >= 11 is 5.86. The van der Waals surface area contributed by atoms with Crippen LogP contribution in [0.1, 0.15) is 0 Å².